The summed E-state index contributed by atoms with van der Waals surface area (Å²) in [6.45, 7) is 5.96. The third kappa shape index (κ3) is 3.69. The maximum atomic E-state index is 5.89. The second-order valence-corrected chi connectivity index (χ2v) is 7.75. The van der Waals surface area contributed by atoms with Crippen molar-refractivity contribution in [1.82, 2.24) is 25.1 Å². The summed E-state index contributed by atoms with van der Waals surface area (Å²) in [6, 6.07) is 9.91. The van der Waals surface area contributed by atoms with Crippen LogP contribution in [0.25, 0.3) is 39.3 Å². The molecule has 0 aliphatic heterocycles. The fraction of sp³-hybridized carbons (Fsp3) is 0.182. The van der Waals surface area contributed by atoms with Crippen LogP contribution in [0.3, 0.4) is 0 Å². The monoisotopic (exact) mass is 419 g/mol. The van der Waals surface area contributed by atoms with Crippen molar-refractivity contribution in [2.75, 3.05) is 21.2 Å². The number of benzene rings is 1. The minimum absolute atomic E-state index is 0.324. The number of ether oxygens (including phenoxy) is 1. The van der Waals surface area contributed by atoms with Crippen molar-refractivity contribution in [3.8, 4) is 39.4 Å². The smallest absolute Gasteiger partial charge is 0.268 e. The van der Waals surface area contributed by atoms with Crippen LogP contribution in [0.4, 0.5) is 0 Å². The summed E-state index contributed by atoms with van der Waals surface area (Å²) in [6.07, 6.45) is 1.74. The zero-order valence-corrected chi connectivity index (χ0v) is 18.0. The number of hydrogen-bond donors (Lipinski definition) is 0. The summed E-state index contributed by atoms with van der Waals surface area (Å²) in [7, 11) is 5.55. The molecule has 0 saturated heterocycles. The van der Waals surface area contributed by atoms with Crippen LogP contribution in [0, 0.1) is 6.92 Å². The van der Waals surface area contributed by atoms with E-state index in [0.29, 0.717) is 28.9 Å². The SMILES string of the molecule is C=C(c1ccc(-c2cnc(C)c(-c3nnc(-c4sccc4OC)o3)n2)cc1)N(C)C. The molecule has 1 aromatic carbocycles. The molecule has 0 amide bonds. The number of methoxy groups -OCH3 is 1. The predicted octanol–water partition coefficient (Wildman–Crippen LogP) is 4.77. The van der Waals surface area contributed by atoms with Crippen molar-refractivity contribution < 1.29 is 9.15 Å². The number of rotatable bonds is 6. The van der Waals surface area contributed by atoms with E-state index in [1.54, 1.807) is 13.3 Å². The fourth-order valence-electron chi connectivity index (χ4n) is 2.91. The summed E-state index contributed by atoms with van der Waals surface area (Å²) >= 11 is 1.48. The van der Waals surface area contributed by atoms with E-state index in [1.807, 2.05) is 61.6 Å². The first-order valence-electron chi connectivity index (χ1n) is 9.24. The lowest BCUT2D eigenvalue weighted by Crippen LogP contribution is -2.08. The lowest BCUT2D eigenvalue weighted by Gasteiger charge is -2.16. The van der Waals surface area contributed by atoms with Gasteiger partial charge in [-0.3, -0.25) is 4.98 Å². The highest BCUT2D eigenvalue weighted by atomic mass is 32.1. The summed E-state index contributed by atoms with van der Waals surface area (Å²) in [4.78, 5) is 12.0. The van der Waals surface area contributed by atoms with E-state index in [4.69, 9.17) is 14.1 Å². The first-order valence-corrected chi connectivity index (χ1v) is 10.1. The van der Waals surface area contributed by atoms with E-state index in [0.717, 1.165) is 27.4 Å². The van der Waals surface area contributed by atoms with Crippen molar-refractivity contribution in [2.24, 2.45) is 0 Å². The van der Waals surface area contributed by atoms with Crippen LogP contribution in [0.5, 0.6) is 5.75 Å². The standard InChI is InChI=1S/C22H21N5O2S/c1-13-19(21-25-26-22(29-21)20-18(28-5)10-11-30-20)24-17(12-23-13)16-8-6-15(7-9-16)14(2)27(3)4/h6-12H,2H2,1,3-5H3. The average molecular weight is 420 g/mol. The molecule has 0 spiro atoms. The first kappa shape index (κ1) is 19.8. The molecule has 3 heterocycles. The third-order valence-corrected chi connectivity index (χ3v) is 5.56. The Balaban J connectivity index is 1.67. The molecular formula is C22H21N5O2S. The Morgan fingerprint density at radius 3 is 2.53 bits per heavy atom. The number of hydrogen-bond acceptors (Lipinski definition) is 8. The highest BCUT2D eigenvalue weighted by Gasteiger charge is 2.19. The molecule has 0 saturated carbocycles. The highest BCUT2D eigenvalue weighted by Crippen LogP contribution is 2.36. The van der Waals surface area contributed by atoms with Crippen LogP contribution in [0.1, 0.15) is 11.3 Å². The van der Waals surface area contributed by atoms with E-state index in [9.17, 15) is 0 Å². The number of aromatic nitrogens is 4. The first-order chi connectivity index (χ1) is 14.5. The van der Waals surface area contributed by atoms with Crippen molar-refractivity contribution in [2.45, 2.75) is 6.92 Å². The highest BCUT2D eigenvalue weighted by molar-refractivity contribution is 7.13. The van der Waals surface area contributed by atoms with Gasteiger partial charge in [0.2, 0.25) is 0 Å². The van der Waals surface area contributed by atoms with Crippen LogP contribution in [-0.4, -0.2) is 46.3 Å². The van der Waals surface area contributed by atoms with Gasteiger partial charge in [0.15, 0.2) is 0 Å². The lowest BCUT2D eigenvalue weighted by atomic mass is 10.1. The number of thiophene rings is 1. The minimum Gasteiger partial charge on any atom is -0.495 e. The molecule has 0 N–H and O–H groups in total. The Labute approximate surface area is 178 Å². The zero-order valence-electron chi connectivity index (χ0n) is 17.2. The Hall–Kier alpha value is -3.52. The van der Waals surface area contributed by atoms with Gasteiger partial charge in [-0.15, -0.1) is 21.5 Å². The maximum absolute atomic E-state index is 5.89. The molecule has 0 aliphatic rings. The largest absolute Gasteiger partial charge is 0.495 e. The molecule has 3 aromatic heterocycles. The van der Waals surface area contributed by atoms with Gasteiger partial charge in [0.25, 0.3) is 11.8 Å². The molecule has 0 bridgehead atoms. The van der Waals surface area contributed by atoms with E-state index in [-0.39, 0.29) is 0 Å². The molecule has 30 heavy (non-hydrogen) atoms. The van der Waals surface area contributed by atoms with Gasteiger partial charge >= 0.3 is 0 Å². The van der Waals surface area contributed by atoms with Crippen LogP contribution in [-0.2, 0) is 0 Å². The zero-order chi connectivity index (χ0) is 21.3. The van der Waals surface area contributed by atoms with Gasteiger partial charge in [0, 0.05) is 25.4 Å². The molecule has 0 fully saturated rings. The van der Waals surface area contributed by atoms with Gasteiger partial charge in [-0.1, -0.05) is 30.8 Å². The fourth-order valence-corrected chi connectivity index (χ4v) is 3.69. The Kier molecular flexibility index (Phi) is 5.33. The summed E-state index contributed by atoms with van der Waals surface area (Å²) in [5, 5.41) is 10.3. The Morgan fingerprint density at radius 2 is 1.83 bits per heavy atom. The van der Waals surface area contributed by atoms with Crippen molar-refractivity contribution in [3.63, 3.8) is 0 Å². The Bertz CT molecular complexity index is 1190. The van der Waals surface area contributed by atoms with Gasteiger partial charge in [0.05, 0.1) is 24.7 Å². The molecule has 0 unspecified atom stereocenters. The number of aryl methyl sites for hydroxylation is 1. The van der Waals surface area contributed by atoms with E-state index >= 15 is 0 Å². The predicted molar refractivity (Wildman–Crippen MR) is 118 cm³/mol. The molecule has 4 rings (SSSR count). The van der Waals surface area contributed by atoms with Crippen LogP contribution >= 0.6 is 11.3 Å². The van der Waals surface area contributed by atoms with Gasteiger partial charge in [-0.05, 0) is 23.9 Å². The topological polar surface area (TPSA) is 77.2 Å². The van der Waals surface area contributed by atoms with Crippen molar-refractivity contribution in [1.29, 1.82) is 0 Å². The van der Waals surface area contributed by atoms with Gasteiger partial charge in [-0.2, -0.15) is 0 Å². The normalized spacial score (nSPS) is 10.8. The molecule has 0 aliphatic carbocycles. The lowest BCUT2D eigenvalue weighted by molar-refractivity contribution is 0.416. The second-order valence-electron chi connectivity index (χ2n) is 6.84. The Morgan fingerprint density at radius 1 is 1.10 bits per heavy atom. The minimum atomic E-state index is 0.324. The van der Waals surface area contributed by atoms with E-state index in [1.165, 1.54) is 11.3 Å². The van der Waals surface area contributed by atoms with Gasteiger partial charge in [-0.25, -0.2) is 4.98 Å². The van der Waals surface area contributed by atoms with E-state index in [2.05, 4.69) is 21.8 Å². The summed E-state index contributed by atoms with van der Waals surface area (Å²) < 4.78 is 11.2. The van der Waals surface area contributed by atoms with Crippen LogP contribution in [0.2, 0.25) is 0 Å². The molecule has 152 valence electrons. The molecule has 8 heteroatoms. The second kappa shape index (κ2) is 8.08. The summed E-state index contributed by atoms with van der Waals surface area (Å²) in [5.41, 5.74) is 4.94. The molecular weight excluding hydrogens is 398 g/mol. The van der Waals surface area contributed by atoms with Crippen LogP contribution < -0.4 is 4.74 Å². The van der Waals surface area contributed by atoms with Gasteiger partial charge < -0.3 is 14.1 Å². The molecule has 4 aromatic rings. The third-order valence-electron chi connectivity index (χ3n) is 4.68. The van der Waals surface area contributed by atoms with Crippen LogP contribution in [0.15, 0.2) is 52.9 Å². The van der Waals surface area contributed by atoms with Crippen molar-refractivity contribution in [3.05, 3.63) is 59.7 Å². The van der Waals surface area contributed by atoms with Gasteiger partial charge in [0.1, 0.15) is 16.3 Å². The quantitative estimate of drug-likeness (QED) is 0.445. The molecule has 0 radical (unpaired) electrons. The molecule has 0 atom stereocenters. The molecule has 7 nitrogen and oxygen atoms in total. The summed E-state index contributed by atoms with van der Waals surface area (Å²) in [5.74, 6) is 1.42. The maximum Gasteiger partial charge on any atom is 0.268 e. The average Bonchev–Trinajstić information content (AvgIpc) is 3.42. The van der Waals surface area contributed by atoms with E-state index < -0.39 is 0 Å². The number of nitrogens with zero attached hydrogens (tertiary/aromatic N) is 5. The van der Waals surface area contributed by atoms with Crippen molar-refractivity contribution >= 4 is 17.0 Å².